The van der Waals surface area contributed by atoms with Crippen LogP contribution in [0.4, 0.5) is 0 Å². The Balaban J connectivity index is 1.93. The van der Waals surface area contributed by atoms with E-state index in [1.165, 1.54) is 90.0 Å². The molecule has 1 fully saturated rings. The molecular formula is C18H37N. The van der Waals surface area contributed by atoms with E-state index in [0.29, 0.717) is 0 Å². The molecule has 1 atom stereocenters. The van der Waals surface area contributed by atoms with Crippen LogP contribution in [0.15, 0.2) is 0 Å². The molecule has 114 valence electrons. The molecule has 1 aliphatic rings. The van der Waals surface area contributed by atoms with Gasteiger partial charge in [-0.1, -0.05) is 71.1 Å². The van der Waals surface area contributed by atoms with Gasteiger partial charge in [-0.25, -0.2) is 0 Å². The molecule has 0 radical (unpaired) electrons. The Labute approximate surface area is 121 Å². The first-order chi connectivity index (χ1) is 9.34. The van der Waals surface area contributed by atoms with Crippen LogP contribution in [0.3, 0.4) is 0 Å². The molecule has 0 unspecified atom stereocenters. The molecule has 1 rings (SSSR count). The maximum absolute atomic E-state index is 3.78. The molecule has 0 amide bonds. The van der Waals surface area contributed by atoms with Crippen LogP contribution >= 0.6 is 0 Å². The first kappa shape index (κ1) is 17.0. The van der Waals surface area contributed by atoms with E-state index in [1.807, 2.05) is 0 Å². The van der Waals surface area contributed by atoms with Crippen LogP contribution in [0.2, 0.25) is 0 Å². The summed E-state index contributed by atoms with van der Waals surface area (Å²) < 4.78 is 0. The molecule has 1 N–H and O–H groups in total. The molecule has 1 saturated carbocycles. The lowest BCUT2D eigenvalue weighted by Gasteiger charge is -2.23. The summed E-state index contributed by atoms with van der Waals surface area (Å²) in [5.74, 6) is 0.951. The molecule has 0 aliphatic heterocycles. The molecule has 1 aliphatic carbocycles. The molecule has 0 aromatic rings. The Morgan fingerprint density at radius 3 is 2.05 bits per heavy atom. The highest BCUT2D eigenvalue weighted by Crippen LogP contribution is 2.25. The van der Waals surface area contributed by atoms with Crippen molar-refractivity contribution in [3.05, 3.63) is 0 Å². The van der Waals surface area contributed by atoms with E-state index in [0.717, 1.165) is 12.0 Å². The Morgan fingerprint density at radius 2 is 1.42 bits per heavy atom. The molecular weight excluding hydrogens is 230 g/mol. The molecule has 0 heterocycles. The second kappa shape index (κ2) is 11.8. The number of rotatable bonds is 10. The smallest absolute Gasteiger partial charge is 0.00669 e. The van der Waals surface area contributed by atoms with E-state index >= 15 is 0 Å². The summed E-state index contributed by atoms with van der Waals surface area (Å²) >= 11 is 0. The van der Waals surface area contributed by atoms with E-state index < -0.39 is 0 Å². The summed E-state index contributed by atoms with van der Waals surface area (Å²) in [5, 5.41) is 3.78. The highest BCUT2D eigenvalue weighted by molar-refractivity contribution is 4.74. The van der Waals surface area contributed by atoms with Gasteiger partial charge < -0.3 is 5.32 Å². The summed E-state index contributed by atoms with van der Waals surface area (Å²) in [6.45, 7) is 5.95. The highest BCUT2D eigenvalue weighted by atomic mass is 14.9. The third kappa shape index (κ3) is 8.68. The highest BCUT2D eigenvalue weighted by Gasteiger charge is 2.17. The van der Waals surface area contributed by atoms with Crippen LogP contribution in [0.5, 0.6) is 0 Å². The Kier molecular flexibility index (Phi) is 10.5. The molecule has 1 nitrogen and oxygen atoms in total. The van der Waals surface area contributed by atoms with Gasteiger partial charge in [-0.15, -0.1) is 0 Å². The fourth-order valence-corrected chi connectivity index (χ4v) is 3.39. The average Bonchev–Trinajstić information content (AvgIpc) is 2.70. The maximum atomic E-state index is 3.78. The minimum Gasteiger partial charge on any atom is -0.314 e. The Bertz CT molecular complexity index is 182. The van der Waals surface area contributed by atoms with Crippen molar-refractivity contribution in [3.63, 3.8) is 0 Å². The fraction of sp³-hybridized carbons (Fsp3) is 1.00. The summed E-state index contributed by atoms with van der Waals surface area (Å²) in [4.78, 5) is 0. The lowest BCUT2D eigenvalue weighted by atomic mass is 9.93. The number of nitrogens with one attached hydrogen (secondary N) is 1. The predicted molar refractivity (Wildman–Crippen MR) is 86.6 cm³/mol. The molecule has 1 heteroatoms. The SMILES string of the molecule is CCCCCCCCCN[C@@H](C)C1CCCCCC1. The summed E-state index contributed by atoms with van der Waals surface area (Å²) in [7, 11) is 0. The maximum Gasteiger partial charge on any atom is 0.00669 e. The van der Waals surface area contributed by atoms with E-state index in [4.69, 9.17) is 0 Å². The van der Waals surface area contributed by atoms with Crippen LogP contribution in [0, 0.1) is 5.92 Å². The van der Waals surface area contributed by atoms with Crippen LogP contribution < -0.4 is 5.32 Å². The van der Waals surface area contributed by atoms with Crippen molar-refractivity contribution in [2.75, 3.05) is 6.54 Å². The second-order valence-corrected chi connectivity index (χ2v) is 6.62. The second-order valence-electron chi connectivity index (χ2n) is 6.62. The van der Waals surface area contributed by atoms with Gasteiger partial charge in [0.05, 0.1) is 0 Å². The molecule has 0 saturated heterocycles. The number of unbranched alkanes of at least 4 members (excludes halogenated alkanes) is 6. The number of hydrogen-bond acceptors (Lipinski definition) is 1. The quantitative estimate of drug-likeness (QED) is 0.396. The Morgan fingerprint density at radius 1 is 0.842 bits per heavy atom. The van der Waals surface area contributed by atoms with E-state index in [1.54, 1.807) is 0 Å². The van der Waals surface area contributed by atoms with E-state index in [9.17, 15) is 0 Å². The third-order valence-corrected chi connectivity index (χ3v) is 4.85. The van der Waals surface area contributed by atoms with Crippen molar-refractivity contribution < 1.29 is 0 Å². The van der Waals surface area contributed by atoms with Crippen LogP contribution in [-0.4, -0.2) is 12.6 Å². The first-order valence-electron chi connectivity index (χ1n) is 9.08. The predicted octanol–water partition coefficient (Wildman–Crippen LogP) is 5.69. The Hall–Kier alpha value is -0.0400. The minimum atomic E-state index is 0.748. The average molecular weight is 268 g/mol. The summed E-state index contributed by atoms with van der Waals surface area (Å²) in [5.41, 5.74) is 0. The largest absolute Gasteiger partial charge is 0.314 e. The lowest BCUT2D eigenvalue weighted by molar-refractivity contribution is 0.335. The van der Waals surface area contributed by atoms with Crippen molar-refractivity contribution in [2.45, 2.75) is 103 Å². The molecule has 0 aromatic heterocycles. The molecule has 19 heavy (non-hydrogen) atoms. The van der Waals surface area contributed by atoms with Gasteiger partial charge in [0.1, 0.15) is 0 Å². The zero-order valence-corrected chi connectivity index (χ0v) is 13.6. The van der Waals surface area contributed by atoms with Gasteiger partial charge in [0.25, 0.3) is 0 Å². The van der Waals surface area contributed by atoms with Crippen molar-refractivity contribution in [2.24, 2.45) is 5.92 Å². The minimum absolute atomic E-state index is 0.748. The monoisotopic (exact) mass is 267 g/mol. The van der Waals surface area contributed by atoms with Gasteiger partial charge in [-0.05, 0) is 38.6 Å². The summed E-state index contributed by atoms with van der Waals surface area (Å²) in [6.07, 6.45) is 18.7. The summed E-state index contributed by atoms with van der Waals surface area (Å²) in [6, 6.07) is 0.748. The van der Waals surface area contributed by atoms with Gasteiger partial charge in [0, 0.05) is 6.04 Å². The number of hydrogen-bond donors (Lipinski definition) is 1. The van der Waals surface area contributed by atoms with Gasteiger partial charge in [0.15, 0.2) is 0 Å². The van der Waals surface area contributed by atoms with Crippen molar-refractivity contribution in [3.8, 4) is 0 Å². The van der Waals surface area contributed by atoms with E-state index in [2.05, 4.69) is 19.2 Å². The lowest BCUT2D eigenvalue weighted by Crippen LogP contribution is -2.34. The first-order valence-corrected chi connectivity index (χ1v) is 9.08. The fourth-order valence-electron chi connectivity index (χ4n) is 3.39. The van der Waals surface area contributed by atoms with Gasteiger partial charge in [0.2, 0.25) is 0 Å². The normalized spacial score (nSPS) is 19.3. The van der Waals surface area contributed by atoms with Crippen molar-refractivity contribution >= 4 is 0 Å². The van der Waals surface area contributed by atoms with Gasteiger partial charge >= 0.3 is 0 Å². The van der Waals surface area contributed by atoms with Gasteiger partial charge in [-0.3, -0.25) is 0 Å². The van der Waals surface area contributed by atoms with Crippen LogP contribution in [-0.2, 0) is 0 Å². The van der Waals surface area contributed by atoms with Crippen LogP contribution in [0.1, 0.15) is 97.3 Å². The van der Waals surface area contributed by atoms with Crippen molar-refractivity contribution in [1.29, 1.82) is 0 Å². The zero-order valence-electron chi connectivity index (χ0n) is 13.6. The van der Waals surface area contributed by atoms with E-state index in [-0.39, 0.29) is 0 Å². The van der Waals surface area contributed by atoms with Crippen molar-refractivity contribution in [1.82, 2.24) is 5.32 Å². The topological polar surface area (TPSA) is 12.0 Å². The standard InChI is InChI=1S/C18H37N/c1-3-4-5-6-7-10-13-16-19-17(2)18-14-11-8-9-12-15-18/h17-19H,3-16H2,1-2H3/t17-/m0/s1. The van der Waals surface area contributed by atoms with Gasteiger partial charge in [-0.2, -0.15) is 0 Å². The third-order valence-electron chi connectivity index (χ3n) is 4.85. The molecule has 0 aromatic carbocycles. The molecule has 0 bridgehead atoms. The van der Waals surface area contributed by atoms with Crippen LogP contribution in [0.25, 0.3) is 0 Å². The zero-order chi connectivity index (χ0) is 13.8. The molecule has 0 spiro atoms.